The van der Waals surface area contributed by atoms with Gasteiger partial charge in [0.1, 0.15) is 0 Å². The molecule has 0 atom stereocenters. The molecule has 0 spiro atoms. The number of amides is 1. The van der Waals surface area contributed by atoms with Gasteiger partial charge in [-0.05, 0) is 37.0 Å². The average Bonchev–Trinajstić information content (AvgIpc) is 2.53. The van der Waals surface area contributed by atoms with Crippen molar-refractivity contribution in [1.82, 2.24) is 14.7 Å². The van der Waals surface area contributed by atoms with E-state index >= 15 is 0 Å². The molecule has 1 aliphatic heterocycles. The van der Waals surface area contributed by atoms with Gasteiger partial charge in [-0.25, -0.2) is 13.4 Å². The minimum absolute atomic E-state index is 0.0555. The number of piperidine rings is 1. The fourth-order valence-electron chi connectivity index (χ4n) is 2.65. The molecule has 7 heteroatoms. The third-order valence-electron chi connectivity index (χ3n) is 3.87. The summed E-state index contributed by atoms with van der Waals surface area (Å²) >= 11 is 0. The fraction of sp³-hybridized carbons (Fsp3) is 0.562. The maximum absolute atomic E-state index is 12.5. The van der Waals surface area contributed by atoms with E-state index in [1.807, 2.05) is 0 Å². The van der Waals surface area contributed by atoms with Crippen molar-refractivity contribution in [2.45, 2.75) is 37.0 Å². The Morgan fingerprint density at radius 1 is 1.13 bits per heavy atom. The van der Waals surface area contributed by atoms with Gasteiger partial charge < -0.3 is 0 Å². The van der Waals surface area contributed by atoms with Gasteiger partial charge in [0, 0.05) is 33.6 Å². The molecule has 23 heavy (non-hydrogen) atoms. The predicted molar refractivity (Wildman–Crippen MR) is 89.2 cm³/mol. The second-order valence-corrected chi connectivity index (χ2v) is 7.98. The summed E-state index contributed by atoms with van der Waals surface area (Å²) in [5, 5.41) is 1.61. The van der Waals surface area contributed by atoms with Crippen LogP contribution in [0.15, 0.2) is 29.2 Å². The molecule has 2 rings (SSSR count). The van der Waals surface area contributed by atoms with E-state index in [1.54, 1.807) is 47.7 Å². The summed E-state index contributed by atoms with van der Waals surface area (Å²) in [6.07, 6.45) is 3.91. The van der Waals surface area contributed by atoms with Crippen molar-refractivity contribution in [3.8, 4) is 0 Å². The lowest BCUT2D eigenvalue weighted by atomic mass is 10.1. The van der Waals surface area contributed by atoms with Crippen LogP contribution in [-0.2, 0) is 21.2 Å². The molecule has 0 unspecified atom stereocenters. The molecule has 1 fully saturated rings. The Balaban J connectivity index is 1.97. The molecule has 0 radical (unpaired) electrons. The normalized spacial score (nSPS) is 16.5. The number of rotatable bonds is 6. The van der Waals surface area contributed by atoms with Crippen molar-refractivity contribution >= 4 is 15.9 Å². The molecule has 0 saturated carbocycles. The van der Waals surface area contributed by atoms with E-state index in [-0.39, 0.29) is 5.91 Å². The zero-order chi connectivity index (χ0) is 16.9. The number of hydrazine groups is 1. The number of hydrogen-bond acceptors (Lipinski definition) is 4. The molecule has 0 aromatic heterocycles. The molecule has 1 saturated heterocycles. The van der Waals surface area contributed by atoms with E-state index in [4.69, 9.17) is 0 Å². The maximum atomic E-state index is 12.5. The van der Waals surface area contributed by atoms with Crippen LogP contribution in [0.2, 0.25) is 0 Å². The first-order valence-corrected chi connectivity index (χ1v) is 9.39. The topological polar surface area (TPSA) is 69.7 Å². The van der Waals surface area contributed by atoms with Crippen LogP contribution in [0.25, 0.3) is 0 Å². The standard InChI is InChI=1S/C16H25N3O3S/c1-18(2)17-16(20)11-8-14-6-9-15(10-7-14)23(21,22)19-12-4-3-5-13-19/h6-7,9-10H,3-5,8,11-13H2,1-2H3,(H,17,20). The van der Waals surface area contributed by atoms with Gasteiger partial charge in [-0.2, -0.15) is 4.31 Å². The van der Waals surface area contributed by atoms with Crippen molar-refractivity contribution < 1.29 is 13.2 Å². The molecular formula is C16H25N3O3S. The molecule has 1 aliphatic rings. The molecule has 1 N–H and O–H groups in total. The molecule has 1 aromatic carbocycles. The Labute approximate surface area is 138 Å². The summed E-state index contributed by atoms with van der Waals surface area (Å²) in [6.45, 7) is 1.21. The number of carbonyl (C=O) groups excluding carboxylic acids is 1. The van der Waals surface area contributed by atoms with Crippen LogP contribution in [-0.4, -0.2) is 50.8 Å². The summed E-state index contributed by atoms with van der Waals surface area (Å²) in [6, 6.07) is 6.87. The first kappa shape index (κ1) is 17.9. The van der Waals surface area contributed by atoms with Gasteiger partial charge in [-0.15, -0.1) is 0 Å². The largest absolute Gasteiger partial charge is 0.289 e. The van der Waals surface area contributed by atoms with Gasteiger partial charge in [0.25, 0.3) is 0 Å². The summed E-state index contributed by atoms with van der Waals surface area (Å²) in [7, 11) is 0.146. The third kappa shape index (κ3) is 5.02. The van der Waals surface area contributed by atoms with Gasteiger partial charge in [-0.1, -0.05) is 18.6 Å². The van der Waals surface area contributed by atoms with Crippen LogP contribution in [0.5, 0.6) is 0 Å². The SMILES string of the molecule is CN(C)NC(=O)CCc1ccc(S(=O)(=O)N2CCCCC2)cc1. The predicted octanol–water partition coefficient (Wildman–Crippen LogP) is 1.39. The average molecular weight is 339 g/mol. The molecule has 1 heterocycles. The van der Waals surface area contributed by atoms with Crippen LogP contribution < -0.4 is 5.43 Å². The van der Waals surface area contributed by atoms with E-state index < -0.39 is 10.0 Å². The van der Waals surface area contributed by atoms with Crippen molar-refractivity contribution in [2.75, 3.05) is 27.2 Å². The molecule has 0 bridgehead atoms. The summed E-state index contributed by atoms with van der Waals surface area (Å²) in [4.78, 5) is 11.9. The van der Waals surface area contributed by atoms with Gasteiger partial charge in [0.2, 0.25) is 15.9 Å². The van der Waals surface area contributed by atoms with Gasteiger partial charge >= 0.3 is 0 Å². The summed E-state index contributed by atoms with van der Waals surface area (Å²) in [5.74, 6) is -0.0555. The minimum Gasteiger partial charge on any atom is -0.289 e. The van der Waals surface area contributed by atoms with E-state index in [0.29, 0.717) is 30.8 Å². The van der Waals surface area contributed by atoms with Crippen LogP contribution in [0.3, 0.4) is 0 Å². The van der Waals surface area contributed by atoms with Crippen LogP contribution in [0.4, 0.5) is 0 Å². The number of hydrogen-bond donors (Lipinski definition) is 1. The number of benzene rings is 1. The smallest absolute Gasteiger partial charge is 0.243 e. The second-order valence-electron chi connectivity index (χ2n) is 6.04. The van der Waals surface area contributed by atoms with Crippen molar-refractivity contribution in [1.29, 1.82) is 0 Å². The van der Waals surface area contributed by atoms with Crippen LogP contribution >= 0.6 is 0 Å². The highest BCUT2D eigenvalue weighted by Gasteiger charge is 2.25. The summed E-state index contributed by atoms with van der Waals surface area (Å²) in [5.41, 5.74) is 3.64. The molecular weight excluding hydrogens is 314 g/mol. The zero-order valence-electron chi connectivity index (χ0n) is 13.8. The number of sulfonamides is 1. The van der Waals surface area contributed by atoms with E-state index in [9.17, 15) is 13.2 Å². The first-order valence-electron chi connectivity index (χ1n) is 7.95. The lowest BCUT2D eigenvalue weighted by Gasteiger charge is -2.25. The summed E-state index contributed by atoms with van der Waals surface area (Å²) < 4.78 is 26.6. The Morgan fingerprint density at radius 2 is 1.74 bits per heavy atom. The maximum Gasteiger partial charge on any atom is 0.243 e. The van der Waals surface area contributed by atoms with Gasteiger partial charge in [0.15, 0.2) is 0 Å². The highest BCUT2D eigenvalue weighted by molar-refractivity contribution is 7.89. The quantitative estimate of drug-likeness (QED) is 0.795. The molecule has 6 nitrogen and oxygen atoms in total. The Hall–Kier alpha value is -1.44. The number of nitrogens with zero attached hydrogens (tertiary/aromatic N) is 2. The van der Waals surface area contributed by atoms with Crippen molar-refractivity contribution in [2.24, 2.45) is 0 Å². The van der Waals surface area contributed by atoms with E-state index in [2.05, 4.69) is 5.43 Å². The number of aryl methyl sites for hydroxylation is 1. The Kier molecular flexibility index (Phi) is 6.15. The molecule has 1 aromatic rings. The Bertz CT molecular complexity index is 620. The van der Waals surface area contributed by atoms with Gasteiger partial charge in [0.05, 0.1) is 4.90 Å². The zero-order valence-corrected chi connectivity index (χ0v) is 14.6. The molecule has 128 valence electrons. The first-order chi connectivity index (χ1) is 10.9. The molecule has 1 amide bonds. The van der Waals surface area contributed by atoms with E-state index in [0.717, 1.165) is 24.8 Å². The van der Waals surface area contributed by atoms with Crippen molar-refractivity contribution in [3.05, 3.63) is 29.8 Å². The monoisotopic (exact) mass is 339 g/mol. The molecule has 0 aliphatic carbocycles. The second kappa shape index (κ2) is 7.90. The van der Waals surface area contributed by atoms with Gasteiger partial charge in [-0.3, -0.25) is 10.2 Å². The number of carbonyl (C=O) groups is 1. The van der Waals surface area contributed by atoms with Crippen LogP contribution in [0.1, 0.15) is 31.2 Å². The lowest BCUT2D eigenvalue weighted by Crippen LogP contribution is -2.36. The van der Waals surface area contributed by atoms with Crippen LogP contribution in [0, 0.1) is 0 Å². The highest BCUT2D eigenvalue weighted by atomic mass is 32.2. The van der Waals surface area contributed by atoms with Crippen molar-refractivity contribution in [3.63, 3.8) is 0 Å². The Morgan fingerprint density at radius 3 is 2.30 bits per heavy atom. The highest BCUT2D eigenvalue weighted by Crippen LogP contribution is 2.21. The van der Waals surface area contributed by atoms with E-state index in [1.165, 1.54) is 0 Å². The number of nitrogens with one attached hydrogen (secondary N) is 1. The third-order valence-corrected chi connectivity index (χ3v) is 5.78. The lowest BCUT2D eigenvalue weighted by molar-refractivity contribution is -0.124. The minimum atomic E-state index is -3.38. The fourth-order valence-corrected chi connectivity index (χ4v) is 4.16.